The lowest BCUT2D eigenvalue weighted by molar-refractivity contribution is -0.150. The van der Waals surface area contributed by atoms with E-state index in [1.165, 1.54) is 5.56 Å². The van der Waals surface area contributed by atoms with Gasteiger partial charge in [0.1, 0.15) is 5.54 Å². The quantitative estimate of drug-likeness (QED) is 0.771. The van der Waals surface area contributed by atoms with Gasteiger partial charge in [0.05, 0.1) is 6.61 Å². The number of benzene rings is 1. The van der Waals surface area contributed by atoms with E-state index in [9.17, 15) is 4.79 Å². The summed E-state index contributed by atoms with van der Waals surface area (Å²) in [6.45, 7) is 2.18. The summed E-state index contributed by atoms with van der Waals surface area (Å²) in [7, 11) is 0. The third kappa shape index (κ3) is 1.71. The number of esters is 1. The number of hydrogen-bond donors (Lipinski definition) is 1. The van der Waals surface area contributed by atoms with Crippen LogP contribution in [-0.2, 0) is 21.5 Å². The lowest BCUT2D eigenvalue weighted by atomic mass is 9.77. The molecule has 1 atom stereocenters. The monoisotopic (exact) mass is 219 g/mol. The molecule has 0 unspecified atom stereocenters. The summed E-state index contributed by atoms with van der Waals surface area (Å²) in [5, 5.41) is 0. The highest BCUT2D eigenvalue weighted by atomic mass is 16.5. The van der Waals surface area contributed by atoms with Gasteiger partial charge in [-0.05, 0) is 37.3 Å². The Kier molecular flexibility index (Phi) is 2.97. The van der Waals surface area contributed by atoms with E-state index >= 15 is 0 Å². The zero-order chi connectivity index (χ0) is 11.6. The van der Waals surface area contributed by atoms with Crippen LogP contribution in [0, 0.1) is 0 Å². The minimum absolute atomic E-state index is 0.304. The molecule has 0 saturated carbocycles. The number of carbonyl (C=O) groups excluding carboxylic acids is 1. The lowest BCUT2D eigenvalue weighted by Crippen LogP contribution is -2.48. The van der Waals surface area contributed by atoms with Crippen LogP contribution in [0.4, 0.5) is 0 Å². The van der Waals surface area contributed by atoms with Crippen molar-refractivity contribution in [2.45, 2.75) is 31.7 Å². The average molecular weight is 219 g/mol. The minimum atomic E-state index is -0.940. The first-order valence-corrected chi connectivity index (χ1v) is 5.73. The van der Waals surface area contributed by atoms with Crippen LogP contribution in [0.2, 0.25) is 0 Å². The van der Waals surface area contributed by atoms with Gasteiger partial charge in [0.2, 0.25) is 0 Å². The van der Waals surface area contributed by atoms with Gasteiger partial charge in [-0.2, -0.15) is 0 Å². The third-order valence-electron chi connectivity index (χ3n) is 3.15. The Bertz CT molecular complexity index is 403. The zero-order valence-corrected chi connectivity index (χ0v) is 9.53. The van der Waals surface area contributed by atoms with Crippen molar-refractivity contribution < 1.29 is 9.53 Å². The number of hydrogen-bond acceptors (Lipinski definition) is 3. The first-order valence-electron chi connectivity index (χ1n) is 5.73. The average Bonchev–Trinajstić information content (AvgIpc) is 2.30. The van der Waals surface area contributed by atoms with Crippen LogP contribution in [-0.4, -0.2) is 12.6 Å². The molecule has 2 rings (SSSR count). The van der Waals surface area contributed by atoms with Gasteiger partial charge >= 0.3 is 5.97 Å². The van der Waals surface area contributed by atoms with Crippen molar-refractivity contribution >= 4 is 5.97 Å². The van der Waals surface area contributed by atoms with Crippen molar-refractivity contribution in [1.82, 2.24) is 0 Å². The molecule has 0 spiro atoms. The molecule has 1 aromatic carbocycles. The van der Waals surface area contributed by atoms with Crippen LogP contribution in [0.25, 0.3) is 0 Å². The van der Waals surface area contributed by atoms with Crippen LogP contribution < -0.4 is 5.73 Å². The number of rotatable bonds is 2. The van der Waals surface area contributed by atoms with Crippen molar-refractivity contribution in [1.29, 1.82) is 0 Å². The van der Waals surface area contributed by atoms with Gasteiger partial charge in [0.15, 0.2) is 0 Å². The van der Waals surface area contributed by atoms with Gasteiger partial charge in [-0.1, -0.05) is 24.3 Å². The SMILES string of the molecule is CCOC(=O)[C@@]1(N)CCCc2ccccc21. The fourth-order valence-electron chi connectivity index (χ4n) is 2.34. The highest BCUT2D eigenvalue weighted by molar-refractivity contribution is 5.83. The van der Waals surface area contributed by atoms with Crippen molar-refractivity contribution in [3.8, 4) is 0 Å². The molecule has 1 aromatic rings. The molecule has 0 bridgehead atoms. The number of ether oxygens (including phenoxy) is 1. The van der Waals surface area contributed by atoms with Gasteiger partial charge in [-0.15, -0.1) is 0 Å². The smallest absolute Gasteiger partial charge is 0.330 e. The minimum Gasteiger partial charge on any atom is -0.464 e. The molecule has 16 heavy (non-hydrogen) atoms. The van der Waals surface area contributed by atoms with Gasteiger partial charge in [0.25, 0.3) is 0 Å². The Morgan fingerprint density at radius 1 is 1.50 bits per heavy atom. The van der Waals surface area contributed by atoms with Crippen LogP contribution in [0.1, 0.15) is 30.9 Å². The second-order valence-electron chi connectivity index (χ2n) is 4.20. The maximum atomic E-state index is 11.9. The van der Waals surface area contributed by atoms with Gasteiger partial charge in [0, 0.05) is 0 Å². The molecular formula is C13H17NO2. The summed E-state index contributed by atoms with van der Waals surface area (Å²) >= 11 is 0. The predicted molar refractivity (Wildman–Crippen MR) is 61.9 cm³/mol. The summed E-state index contributed by atoms with van der Waals surface area (Å²) in [6, 6.07) is 7.88. The maximum absolute atomic E-state index is 11.9. The second kappa shape index (κ2) is 4.26. The van der Waals surface area contributed by atoms with E-state index in [0.29, 0.717) is 13.0 Å². The van der Waals surface area contributed by atoms with Crippen LogP contribution in [0.3, 0.4) is 0 Å². The van der Waals surface area contributed by atoms with Gasteiger partial charge in [-0.25, -0.2) is 4.79 Å². The first-order chi connectivity index (χ1) is 7.68. The molecule has 0 fully saturated rings. The van der Waals surface area contributed by atoms with E-state index in [0.717, 1.165) is 18.4 Å². The van der Waals surface area contributed by atoms with Gasteiger partial charge < -0.3 is 10.5 Å². The summed E-state index contributed by atoms with van der Waals surface area (Å²) in [5.74, 6) is -0.304. The highest BCUT2D eigenvalue weighted by Gasteiger charge is 2.40. The van der Waals surface area contributed by atoms with Crippen molar-refractivity contribution in [2.75, 3.05) is 6.61 Å². The van der Waals surface area contributed by atoms with E-state index in [2.05, 4.69) is 0 Å². The van der Waals surface area contributed by atoms with E-state index in [1.807, 2.05) is 24.3 Å². The molecule has 2 N–H and O–H groups in total. The van der Waals surface area contributed by atoms with Crippen molar-refractivity contribution in [3.63, 3.8) is 0 Å². The predicted octanol–water partition coefficient (Wildman–Crippen LogP) is 1.74. The molecule has 3 nitrogen and oxygen atoms in total. The van der Waals surface area contributed by atoms with Crippen LogP contribution >= 0.6 is 0 Å². The number of carbonyl (C=O) groups is 1. The number of nitrogens with two attached hydrogens (primary N) is 1. The summed E-state index contributed by atoms with van der Waals surface area (Å²) < 4.78 is 5.08. The largest absolute Gasteiger partial charge is 0.464 e. The molecule has 1 aliphatic carbocycles. The molecule has 86 valence electrons. The topological polar surface area (TPSA) is 52.3 Å². The van der Waals surface area contributed by atoms with Crippen LogP contribution in [0.15, 0.2) is 24.3 Å². The second-order valence-corrected chi connectivity index (χ2v) is 4.20. The Balaban J connectivity index is 2.40. The van der Waals surface area contributed by atoms with E-state index < -0.39 is 5.54 Å². The Hall–Kier alpha value is -1.35. The Labute approximate surface area is 95.6 Å². The van der Waals surface area contributed by atoms with E-state index in [4.69, 9.17) is 10.5 Å². The Morgan fingerprint density at radius 2 is 2.25 bits per heavy atom. The molecule has 3 heteroatoms. The third-order valence-corrected chi connectivity index (χ3v) is 3.15. The fraction of sp³-hybridized carbons (Fsp3) is 0.462. The summed E-state index contributed by atoms with van der Waals surface area (Å²) in [4.78, 5) is 11.9. The van der Waals surface area contributed by atoms with E-state index in [-0.39, 0.29) is 5.97 Å². The molecule has 0 radical (unpaired) electrons. The molecule has 1 aliphatic rings. The maximum Gasteiger partial charge on any atom is 0.330 e. The molecular weight excluding hydrogens is 202 g/mol. The van der Waals surface area contributed by atoms with Crippen LogP contribution in [0.5, 0.6) is 0 Å². The fourth-order valence-corrected chi connectivity index (χ4v) is 2.34. The molecule has 0 amide bonds. The van der Waals surface area contributed by atoms with Crippen molar-refractivity contribution in [2.24, 2.45) is 5.73 Å². The molecule has 0 aromatic heterocycles. The summed E-state index contributed by atoms with van der Waals surface area (Å²) in [6.07, 6.45) is 2.60. The number of aryl methyl sites for hydroxylation is 1. The van der Waals surface area contributed by atoms with Gasteiger partial charge in [-0.3, -0.25) is 0 Å². The summed E-state index contributed by atoms with van der Waals surface area (Å²) in [5.41, 5.74) is 7.39. The normalized spacial score (nSPS) is 23.6. The van der Waals surface area contributed by atoms with E-state index in [1.54, 1.807) is 6.92 Å². The standard InChI is InChI=1S/C13H17NO2/c1-2-16-12(15)13(14)9-5-7-10-6-3-4-8-11(10)13/h3-4,6,8H,2,5,7,9,14H2,1H3/t13-/m1/s1. The highest BCUT2D eigenvalue weighted by Crippen LogP contribution is 2.34. The number of fused-ring (bicyclic) bond motifs is 1. The van der Waals surface area contributed by atoms with Crippen molar-refractivity contribution in [3.05, 3.63) is 35.4 Å². The molecule has 0 aliphatic heterocycles. The Morgan fingerprint density at radius 3 is 3.00 bits per heavy atom. The zero-order valence-electron chi connectivity index (χ0n) is 9.53. The lowest BCUT2D eigenvalue weighted by Gasteiger charge is -2.33. The first kappa shape index (κ1) is 11.1. The molecule has 0 saturated heterocycles. The molecule has 0 heterocycles.